The molecule has 0 spiro atoms. The van der Waals surface area contributed by atoms with Crippen molar-refractivity contribution in [1.29, 1.82) is 0 Å². The average Bonchev–Trinajstić information content (AvgIpc) is 2.33. The van der Waals surface area contributed by atoms with Gasteiger partial charge in [-0.1, -0.05) is 18.7 Å². The van der Waals surface area contributed by atoms with E-state index in [2.05, 4.69) is 6.58 Å². The first-order valence-corrected chi connectivity index (χ1v) is 6.12. The van der Waals surface area contributed by atoms with Gasteiger partial charge in [0.1, 0.15) is 30.1 Å². The van der Waals surface area contributed by atoms with Crippen LogP contribution in [-0.2, 0) is 9.47 Å². The van der Waals surface area contributed by atoms with E-state index in [0.29, 0.717) is 24.5 Å². The summed E-state index contributed by atoms with van der Waals surface area (Å²) in [5, 5.41) is 0. The predicted molar refractivity (Wildman–Crippen MR) is 73.3 cm³/mol. The van der Waals surface area contributed by atoms with Crippen LogP contribution in [0.3, 0.4) is 0 Å². The van der Waals surface area contributed by atoms with Crippen molar-refractivity contribution in [1.82, 2.24) is 0 Å². The van der Waals surface area contributed by atoms with E-state index in [-0.39, 0.29) is 0 Å². The predicted octanol–water partition coefficient (Wildman–Crippen LogP) is 3.18. The number of esters is 1. The Labute approximate surface area is 114 Å². The summed E-state index contributed by atoms with van der Waals surface area (Å²) in [7, 11) is 0. The molecule has 0 N–H and O–H groups in total. The van der Waals surface area contributed by atoms with Gasteiger partial charge in [-0.3, -0.25) is 0 Å². The van der Waals surface area contributed by atoms with E-state index in [0.717, 1.165) is 0 Å². The SMILES string of the molecule is C=COCCOc1ccccc1C(=O)OC(C)(C)C. The first kappa shape index (κ1) is 15.1. The second-order valence-electron chi connectivity index (χ2n) is 4.88. The van der Waals surface area contributed by atoms with Gasteiger partial charge in [0.15, 0.2) is 0 Å². The number of para-hydroxylation sites is 1. The molecule has 1 aromatic rings. The molecule has 0 aliphatic carbocycles. The quantitative estimate of drug-likeness (QED) is 0.449. The van der Waals surface area contributed by atoms with Crippen LogP contribution in [0.2, 0.25) is 0 Å². The molecule has 104 valence electrons. The smallest absolute Gasteiger partial charge is 0.342 e. The highest BCUT2D eigenvalue weighted by atomic mass is 16.6. The van der Waals surface area contributed by atoms with Crippen LogP contribution < -0.4 is 4.74 Å². The average molecular weight is 264 g/mol. The van der Waals surface area contributed by atoms with E-state index >= 15 is 0 Å². The molecule has 0 aliphatic rings. The van der Waals surface area contributed by atoms with Crippen molar-refractivity contribution in [3.63, 3.8) is 0 Å². The number of hydrogen-bond donors (Lipinski definition) is 0. The van der Waals surface area contributed by atoms with Crippen molar-refractivity contribution in [2.75, 3.05) is 13.2 Å². The summed E-state index contributed by atoms with van der Waals surface area (Å²) in [5.74, 6) is 0.0946. The highest BCUT2D eigenvalue weighted by Gasteiger charge is 2.20. The minimum Gasteiger partial charge on any atom is -0.498 e. The third-order valence-corrected chi connectivity index (χ3v) is 2.08. The summed E-state index contributed by atoms with van der Waals surface area (Å²) in [5.41, 5.74) is -0.119. The Kier molecular flexibility index (Phi) is 5.42. The van der Waals surface area contributed by atoms with Crippen LogP contribution in [0.25, 0.3) is 0 Å². The maximum Gasteiger partial charge on any atom is 0.342 e. The minimum atomic E-state index is -0.532. The summed E-state index contributed by atoms with van der Waals surface area (Å²) < 4.78 is 15.8. The molecule has 0 atom stereocenters. The third kappa shape index (κ3) is 5.46. The lowest BCUT2D eigenvalue weighted by molar-refractivity contribution is 0.00651. The summed E-state index contributed by atoms with van der Waals surface area (Å²) in [6, 6.07) is 6.98. The lowest BCUT2D eigenvalue weighted by Crippen LogP contribution is -2.24. The lowest BCUT2D eigenvalue weighted by atomic mass is 10.1. The van der Waals surface area contributed by atoms with Gasteiger partial charge < -0.3 is 14.2 Å². The molecule has 0 radical (unpaired) electrons. The van der Waals surface area contributed by atoms with Gasteiger partial charge in [0.05, 0.1) is 6.26 Å². The fourth-order valence-electron chi connectivity index (χ4n) is 1.38. The number of hydrogen-bond acceptors (Lipinski definition) is 4. The Morgan fingerprint density at radius 2 is 1.95 bits per heavy atom. The van der Waals surface area contributed by atoms with Gasteiger partial charge in [-0.15, -0.1) is 0 Å². The standard InChI is InChI=1S/C15H20O4/c1-5-17-10-11-18-13-9-7-6-8-12(13)14(16)19-15(2,3)4/h5-9H,1,10-11H2,2-4H3. The molecular formula is C15H20O4. The molecule has 19 heavy (non-hydrogen) atoms. The summed E-state index contributed by atoms with van der Waals surface area (Å²) in [6.07, 6.45) is 1.35. The van der Waals surface area contributed by atoms with Crippen LogP contribution in [0.5, 0.6) is 5.75 Å². The van der Waals surface area contributed by atoms with Crippen molar-refractivity contribution < 1.29 is 19.0 Å². The zero-order chi connectivity index (χ0) is 14.3. The van der Waals surface area contributed by atoms with Crippen molar-refractivity contribution in [3.05, 3.63) is 42.7 Å². The molecule has 0 aromatic heterocycles. The van der Waals surface area contributed by atoms with E-state index in [9.17, 15) is 4.79 Å². The molecule has 0 unspecified atom stereocenters. The molecule has 0 saturated heterocycles. The normalized spacial score (nSPS) is 10.7. The molecule has 0 bridgehead atoms. The second kappa shape index (κ2) is 6.83. The Balaban J connectivity index is 2.72. The highest BCUT2D eigenvalue weighted by molar-refractivity contribution is 5.92. The van der Waals surface area contributed by atoms with Gasteiger partial charge in [-0.25, -0.2) is 4.79 Å². The van der Waals surface area contributed by atoms with Crippen molar-refractivity contribution in [3.8, 4) is 5.75 Å². The molecule has 1 rings (SSSR count). The van der Waals surface area contributed by atoms with E-state index in [1.807, 2.05) is 20.8 Å². The number of carbonyl (C=O) groups is 1. The van der Waals surface area contributed by atoms with E-state index in [1.54, 1.807) is 24.3 Å². The van der Waals surface area contributed by atoms with Gasteiger partial charge in [-0.05, 0) is 32.9 Å². The molecule has 0 heterocycles. The molecule has 1 aromatic carbocycles. The maximum absolute atomic E-state index is 12.0. The highest BCUT2D eigenvalue weighted by Crippen LogP contribution is 2.21. The maximum atomic E-state index is 12.0. The van der Waals surface area contributed by atoms with Crippen LogP contribution in [0.4, 0.5) is 0 Å². The van der Waals surface area contributed by atoms with Crippen molar-refractivity contribution in [2.24, 2.45) is 0 Å². The van der Waals surface area contributed by atoms with Crippen LogP contribution in [0.1, 0.15) is 31.1 Å². The van der Waals surface area contributed by atoms with Crippen LogP contribution >= 0.6 is 0 Å². The monoisotopic (exact) mass is 264 g/mol. The Morgan fingerprint density at radius 3 is 2.58 bits per heavy atom. The van der Waals surface area contributed by atoms with Gasteiger partial charge in [-0.2, -0.15) is 0 Å². The third-order valence-electron chi connectivity index (χ3n) is 2.08. The summed E-state index contributed by atoms with van der Waals surface area (Å²) in [6.45, 7) is 9.64. The fourth-order valence-corrected chi connectivity index (χ4v) is 1.38. The van der Waals surface area contributed by atoms with E-state index in [4.69, 9.17) is 14.2 Å². The van der Waals surface area contributed by atoms with Gasteiger partial charge in [0, 0.05) is 0 Å². The number of ether oxygens (including phenoxy) is 3. The topological polar surface area (TPSA) is 44.8 Å². The van der Waals surface area contributed by atoms with Gasteiger partial charge >= 0.3 is 5.97 Å². The largest absolute Gasteiger partial charge is 0.498 e. The van der Waals surface area contributed by atoms with E-state index in [1.165, 1.54) is 6.26 Å². The zero-order valence-corrected chi connectivity index (χ0v) is 11.6. The number of rotatable bonds is 6. The first-order chi connectivity index (χ1) is 8.94. The fraction of sp³-hybridized carbons (Fsp3) is 0.400. The second-order valence-corrected chi connectivity index (χ2v) is 4.88. The molecular weight excluding hydrogens is 244 g/mol. The zero-order valence-electron chi connectivity index (χ0n) is 11.6. The number of benzene rings is 1. The number of carbonyl (C=O) groups excluding carboxylic acids is 1. The van der Waals surface area contributed by atoms with Gasteiger partial charge in [0.2, 0.25) is 0 Å². The molecule has 0 amide bonds. The summed E-state index contributed by atoms with van der Waals surface area (Å²) in [4.78, 5) is 12.0. The molecule has 4 heteroatoms. The molecule has 0 saturated carbocycles. The molecule has 0 fully saturated rings. The van der Waals surface area contributed by atoms with Crippen LogP contribution in [-0.4, -0.2) is 24.8 Å². The summed E-state index contributed by atoms with van der Waals surface area (Å²) >= 11 is 0. The minimum absolute atomic E-state index is 0.339. The van der Waals surface area contributed by atoms with Crippen LogP contribution in [0.15, 0.2) is 37.1 Å². The molecule has 4 nitrogen and oxygen atoms in total. The van der Waals surface area contributed by atoms with Gasteiger partial charge in [0.25, 0.3) is 0 Å². The van der Waals surface area contributed by atoms with Crippen LogP contribution in [0, 0.1) is 0 Å². The Hall–Kier alpha value is -1.97. The lowest BCUT2D eigenvalue weighted by Gasteiger charge is -2.20. The van der Waals surface area contributed by atoms with Crippen molar-refractivity contribution >= 4 is 5.97 Å². The first-order valence-electron chi connectivity index (χ1n) is 6.12. The Morgan fingerprint density at radius 1 is 1.26 bits per heavy atom. The Bertz CT molecular complexity index is 432. The van der Waals surface area contributed by atoms with Crippen molar-refractivity contribution in [2.45, 2.75) is 26.4 Å². The molecule has 0 aliphatic heterocycles. The van der Waals surface area contributed by atoms with E-state index < -0.39 is 11.6 Å².